The third kappa shape index (κ3) is 5.64. The van der Waals surface area contributed by atoms with Gasteiger partial charge in [-0.3, -0.25) is 9.78 Å². The summed E-state index contributed by atoms with van der Waals surface area (Å²) in [7, 11) is 1.77. The molecule has 0 radical (unpaired) electrons. The Morgan fingerprint density at radius 3 is 2.39 bits per heavy atom. The molecule has 0 saturated carbocycles. The largest absolute Gasteiger partial charge is 0.386 e. The van der Waals surface area contributed by atoms with Gasteiger partial charge in [0.15, 0.2) is 0 Å². The van der Waals surface area contributed by atoms with Crippen LogP contribution in [-0.4, -0.2) is 36.5 Å². The number of hydrogen-bond acceptors (Lipinski definition) is 5. The van der Waals surface area contributed by atoms with Gasteiger partial charge in [-0.2, -0.15) is 0 Å². The lowest BCUT2D eigenvalue weighted by molar-refractivity contribution is -0.109. The standard InChI is InChI=1S/C22H22N4O2/c1-3-19(15-27)26-22(28)18-9-6-16(7-10-18)4-5-17-8-11-21(25-14-17)20(24-2)12-13-23/h6-15,19,23-24H,3H2,1-2H3,(H,26,28)/b20-12-,23-13?/t19-/m0/s1. The van der Waals surface area contributed by atoms with E-state index < -0.39 is 6.04 Å². The lowest BCUT2D eigenvalue weighted by atomic mass is 10.1. The molecule has 2 aromatic rings. The van der Waals surface area contributed by atoms with Crippen molar-refractivity contribution in [2.24, 2.45) is 0 Å². The molecule has 0 bridgehead atoms. The average Bonchev–Trinajstić information content (AvgIpc) is 2.75. The van der Waals surface area contributed by atoms with Crippen LogP contribution in [0.15, 0.2) is 48.7 Å². The van der Waals surface area contributed by atoms with Crippen molar-refractivity contribution in [3.05, 3.63) is 71.1 Å². The summed E-state index contributed by atoms with van der Waals surface area (Å²) in [5.41, 5.74) is 3.49. The van der Waals surface area contributed by atoms with E-state index in [1.807, 2.05) is 19.1 Å². The zero-order chi connectivity index (χ0) is 20.4. The number of benzene rings is 1. The highest BCUT2D eigenvalue weighted by molar-refractivity contribution is 5.95. The highest BCUT2D eigenvalue weighted by atomic mass is 16.2. The number of pyridine rings is 1. The second kappa shape index (κ2) is 10.4. The van der Waals surface area contributed by atoms with Crippen molar-refractivity contribution in [3.63, 3.8) is 0 Å². The third-order valence-corrected chi connectivity index (χ3v) is 3.98. The van der Waals surface area contributed by atoms with Crippen molar-refractivity contribution < 1.29 is 9.59 Å². The zero-order valence-electron chi connectivity index (χ0n) is 15.8. The number of rotatable bonds is 7. The van der Waals surface area contributed by atoms with Gasteiger partial charge in [-0.25, -0.2) is 0 Å². The summed E-state index contributed by atoms with van der Waals surface area (Å²) >= 11 is 0. The summed E-state index contributed by atoms with van der Waals surface area (Å²) in [4.78, 5) is 27.3. The molecule has 1 aromatic carbocycles. The van der Waals surface area contributed by atoms with Crippen LogP contribution in [0.2, 0.25) is 0 Å². The van der Waals surface area contributed by atoms with E-state index in [1.54, 1.807) is 43.6 Å². The highest BCUT2D eigenvalue weighted by Gasteiger charge is 2.10. The smallest absolute Gasteiger partial charge is 0.251 e. The molecule has 3 N–H and O–H groups in total. The molecule has 1 atom stereocenters. The molecule has 2 rings (SSSR count). The summed E-state index contributed by atoms with van der Waals surface area (Å²) in [5.74, 6) is 5.78. The lowest BCUT2D eigenvalue weighted by Crippen LogP contribution is -2.35. The normalized spacial score (nSPS) is 11.6. The van der Waals surface area contributed by atoms with E-state index in [0.717, 1.165) is 28.8 Å². The van der Waals surface area contributed by atoms with Gasteiger partial charge in [-0.15, -0.1) is 0 Å². The monoisotopic (exact) mass is 374 g/mol. The SMILES string of the molecule is CC[C@@H](C=O)NC(=O)c1ccc(C#Cc2ccc(/C(=C/C=N)NC)nc2)cc1. The van der Waals surface area contributed by atoms with Gasteiger partial charge in [0.05, 0.1) is 17.4 Å². The van der Waals surface area contributed by atoms with Crippen LogP contribution in [0.25, 0.3) is 5.70 Å². The van der Waals surface area contributed by atoms with Gasteiger partial charge in [0.25, 0.3) is 5.91 Å². The van der Waals surface area contributed by atoms with Crippen LogP contribution in [0.5, 0.6) is 0 Å². The van der Waals surface area contributed by atoms with Crippen LogP contribution in [0.4, 0.5) is 0 Å². The number of allylic oxidation sites excluding steroid dienone is 1. The third-order valence-electron chi connectivity index (χ3n) is 3.98. The first-order valence-electron chi connectivity index (χ1n) is 8.84. The molecule has 1 aromatic heterocycles. The van der Waals surface area contributed by atoms with Gasteiger partial charge in [0.1, 0.15) is 6.29 Å². The van der Waals surface area contributed by atoms with E-state index in [9.17, 15) is 9.59 Å². The molecule has 142 valence electrons. The fourth-order valence-electron chi connectivity index (χ4n) is 2.34. The van der Waals surface area contributed by atoms with Crippen molar-refractivity contribution in [3.8, 4) is 11.8 Å². The van der Waals surface area contributed by atoms with Crippen LogP contribution in [-0.2, 0) is 4.79 Å². The predicted molar refractivity (Wildman–Crippen MR) is 110 cm³/mol. The van der Waals surface area contributed by atoms with Crippen LogP contribution >= 0.6 is 0 Å². The Kier molecular flexibility index (Phi) is 7.67. The predicted octanol–water partition coefficient (Wildman–Crippen LogP) is 2.40. The molecule has 0 aliphatic heterocycles. The molecular weight excluding hydrogens is 352 g/mol. The van der Waals surface area contributed by atoms with E-state index in [2.05, 4.69) is 27.5 Å². The van der Waals surface area contributed by atoms with Crippen LogP contribution in [0, 0.1) is 17.3 Å². The van der Waals surface area contributed by atoms with Crippen molar-refractivity contribution in [2.75, 3.05) is 7.05 Å². The van der Waals surface area contributed by atoms with Gasteiger partial charge in [-0.05, 0) is 48.9 Å². The molecule has 28 heavy (non-hydrogen) atoms. The molecule has 0 aliphatic carbocycles. The van der Waals surface area contributed by atoms with Gasteiger partial charge >= 0.3 is 0 Å². The maximum atomic E-state index is 12.1. The molecule has 0 unspecified atom stereocenters. The van der Waals surface area contributed by atoms with Gasteiger partial charge in [0, 0.05) is 36.1 Å². The summed E-state index contributed by atoms with van der Waals surface area (Å²) in [5, 5.41) is 12.8. The van der Waals surface area contributed by atoms with Crippen molar-refractivity contribution in [1.82, 2.24) is 15.6 Å². The number of hydrogen-bond donors (Lipinski definition) is 3. The van der Waals surface area contributed by atoms with Gasteiger partial charge in [-0.1, -0.05) is 18.8 Å². The first-order valence-corrected chi connectivity index (χ1v) is 8.84. The number of nitrogens with zero attached hydrogens (tertiary/aromatic N) is 1. The molecule has 0 spiro atoms. The first-order chi connectivity index (χ1) is 13.6. The zero-order valence-corrected chi connectivity index (χ0v) is 15.8. The quantitative estimate of drug-likeness (QED) is 0.394. The molecular formula is C22H22N4O2. The van der Waals surface area contributed by atoms with Crippen LogP contribution in [0.3, 0.4) is 0 Å². The fourth-order valence-corrected chi connectivity index (χ4v) is 2.34. The lowest BCUT2D eigenvalue weighted by Gasteiger charge is -2.10. The van der Waals surface area contributed by atoms with Crippen molar-refractivity contribution in [1.29, 1.82) is 5.41 Å². The molecule has 6 nitrogen and oxygen atoms in total. The minimum Gasteiger partial charge on any atom is -0.386 e. The number of amides is 1. The fraction of sp³-hybridized carbons (Fsp3) is 0.182. The van der Waals surface area contributed by atoms with Crippen molar-refractivity contribution >= 4 is 24.1 Å². The van der Waals surface area contributed by atoms with Crippen molar-refractivity contribution in [2.45, 2.75) is 19.4 Å². The van der Waals surface area contributed by atoms with Crippen LogP contribution in [0.1, 0.15) is 40.5 Å². The van der Waals surface area contributed by atoms with Gasteiger partial charge < -0.3 is 20.8 Å². The molecule has 1 heterocycles. The maximum Gasteiger partial charge on any atom is 0.251 e. The summed E-state index contributed by atoms with van der Waals surface area (Å²) in [6, 6.07) is 10.1. The Morgan fingerprint density at radius 1 is 1.18 bits per heavy atom. The van der Waals surface area contributed by atoms with E-state index in [4.69, 9.17) is 5.41 Å². The van der Waals surface area contributed by atoms with E-state index in [0.29, 0.717) is 12.0 Å². The molecule has 6 heteroatoms. The summed E-state index contributed by atoms with van der Waals surface area (Å²) in [6.07, 6.45) is 5.79. The Hall–Kier alpha value is -3.72. The summed E-state index contributed by atoms with van der Waals surface area (Å²) in [6.45, 7) is 1.84. The number of aromatic nitrogens is 1. The van der Waals surface area contributed by atoms with Gasteiger partial charge in [0.2, 0.25) is 0 Å². The Balaban J connectivity index is 2.08. The van der Waals surface area contributed by atoms with Crippen LogP contribution < -0.4 is 10.6 Å². The topological polar surface area (TPSA) is 94.9 Å². The second-order valence-electron chi connectivity index (χ2n) is 5.88. The molecule has 0 fully saturated rings. The number of aldehydes is 1. The molecule has 1 amide bonds. The van der Waals surface area contributed by atoms with E-state index in [1.165, 1.54) is 6.21 Å². The Morgan fingerprint density at radius 2 is 1.86 bits per heavy atom. The number of carbonyl (C=O) groups excluding carboxylic acids is 2. The molecule has 0 saturated heterocycles. The highest BCUT2D eigenvalue weighted by Crippen LogP contribution is 2.09. The number of carbonyl (C=O) groups is 2. The maximum absolute atomic E-state index is 12.1. The Bertz CT molecular complexity index is 920. The first kappa shape index (κ1) is 20.6. The number of nitrogens with one attached hydrogen (secondary N) is 3. The molecule has 0 aliphatic rings. The minimum absolute atomic E-state index is 0.281. The Labute approximate surface area is 164 Å². The summed E-state index contributed by atoms with van der Waals surface area (Å²) < 4.78 is 0. The van der Waals surface area contributed by atoms with E-state index in [-0.39, 0.29) is 5.91 Å². The van der Waals surface area contributed by atoms with E-state index >= 15 is 0 Å². The average molecular weight is 374 g/mol. The second-order valence-corrected chi connectivity index (χ2v) is 5.88. The minimum atomic E-state index is -0.472.